The van der Waals surface area contributed by atoms with Gasteiger partial charge in [0.05, 0.1) is 5.57 Å². The zero-order chi connectivity index (χ0) is 15.3. The highest BCUT2D eigenvalue weighted by Crippen LogP contribution is 2.41. The Morgan fingerprint density at radius 3 is 2.86 bits per heavy atom. The highest BCUT2D eigenvalue weighted by Gasteiger charge is 2.32. The summed E-state index contributed by atoms with van der Waals surface area (Å²) in [5.41, 5.74) is 10.0. The van der Waals surface area contributed by atoms with E-state index in [1.807, 2.05) is 18.2 Å². The standard InChI is InChI=1S/C17H13FN2O2/c18-11-2-4-14-13(6-11)15(17(21)20-14)16-12-3-1-9(7-19)5-10(12)8-22-16/h1-6H,7-8,19H2,(H,20,21)/b16-15+. The van der Waals surface area contributed by atoms with Crippen LogP contribution in [0.4, 0.5) is 10.1 Å². The van der Waals surface area contributed by atoms with Gasteiger partial charge in [-0.3, -0.25) is 4.79 Å². The van der Waals surface area contributed by atoms with Gasteiger partial charge in [-0.15, -0.1) is 0 Å². The normalized spacial score (nSPS) is 18.7. The number of carbonyl (C=O) groups is 1. The Balaban J connectivity index is 1.92. The molecule has 0 aromatic heterocycles. The van der Waals surface area contributed by atoms with Gasteiger partial charge >= 0.3 is 0 Å². The molecule has 0 bridgehead atoms. The second kappa shape index (κ2) is 4.68. The lowest BCUT2D eigenvalue weighted by Gasteiger charge is -2.05. The summed E-state index contributed by atoms with van der Waals surface area (Å²) in [5, 5.41) is 2.74. The SMILES string of the molecule is NCc1ccc2c(c1)CO/C2=C1/C(=O)Nc2ccc(F)cc21. The van der Waals surface area contributed by atoms with Crippen molar-refractivity contribution in [3.05, 3.63) is 64.5 Å². The Morgan fingerprint density at radius 2 is 2.05 bits per heavy atom. The molecule has 0 saturated heterocycles. The molecule has 0 aliphatic carbocycles. The Labute approximate surface area is 126 Å². The first-order valence-electron chi connectivity index (χ1n) is 6.98. The van der Waals surface area contributed by atoms with Crippen molar-refractivity contribution in [3.8, 4) is 0 Å². The van der Waals surface area contributed by atoms with Crippen LogP contribution in [0.3, 0.4) is 0 Å². The maximum atomic E-state index is 13.5. The summed E-state index contributed by atoms with van der Waals surface area (Å²) in [6.07, 6.45) is 0. The van der Waals surface area contributed by atoms with Gasteiger partial charge in [-0.05, 0) is 23.8 Å². The Kier molecular flexibility index (Phi) is 2.77. The quantitative estimate of drug-likeness (QED) is 0.795. The molecule has 0 fully saturated rings. The number of anilines is 1. The van der Waals surface area contributed by atoms with Crippen LogP contribution in [0.1, 0.15) is 22.3 Å². The Morgan fingerprint density at radius 1 is 1.18 bits per heavy atom. The first kappa shape index (κ1) is 13.0. The van der Waals surface area contributed by atoms with Crippen molar-refractivity contribution in [2.24, 2.45) is 5.73 Å². The van der Waals surface area contributed by atoms with E-state index in [0.29, 0.717) is 35.7 Å². The number of fused-ring (bicyclic) bond motifs is 2. The summed E-state index contributed by atoms with van der Waals surface area (Å²) >= 11 is 0. The van der Waals surface area contributed by atoms with Gasteiger partial charge in [-0.2, -0.15) is 0 Å². The number of nitrogens with two attached hydrogens (primary N) is 1. The van der Waals surface area contributed by atoms with Crippen LogP contribution in [0.25, 0.3) is 11.3 Å². The predicted octanol–water partition coefficient (Wildman–Crippen LogP) is 2.64. The smallest absolute Gasteiger partial charge is 0.260 e. The van der Waals surface area contributed by atoms with Crippen molar-refractivity contribution in [2.75, 3.05) is 5.32 Å². The molecule has 22 heavy (non-hydrogen) atoms. The summed E-state index contributed by atoms with van der Waals surface area (Å²) in [5.74, 6) is -0.156. The molecule has 0 atom stereocenters. The monoisotopic (exact) mass is 296 g/mol. The van der Waals surface area contributed by atoms with Gasteiger partial charge < -0.3 is 15.8 Å². The number of benzene rings is 2. The number of ether oxygens (including phenoxy) is 1. The summed E-state index contributed by atoms with van der Waals surface area (Å²) in [6.45, 7) is 0.841. The molecule has 4 rings (SSSR count). The highest BCUT2D eigenvalue weighted by molar-refractivity contribution is 6.36. The highest BCUT2D eigenvalue weighted by atomic mass is 19.1. The predicted molar refractivity (Wildman–Crippen MR) is 81.0 cm³/mol. The molecule has 110 valence electrons. The van der Waals surface area contributed by atoms with Crippen molar-refractivity contribution < 1.29 is 13.9 Å². The van der Waals surface area contributed by atoms with E-state index in [-0.39, 0.29) is 11.7 Å². The van der Waals surface area contributed by atoms with Gasteiger partial charge in [0, 0.05) is 28.9 Å². The third-order valence-corrected chi connectivity index (χ3v) is 3.98. The van der Waals surface area contributed by atoms with Gasteiger partial charge in [0.1, 0.15) is 18.2 Å². The van der Waals surface area contributed by atoms with Crippen molar-refractivity contribution in [3.63, 3.8) is 0 Å². The fraction of sp³-hybridized carbons (Fsp3) is 0.118. The van der Waals surface area contributed by atoms with E-state index in [4.69, 9.17) is 10.5 Å². The molecule has 0 saturated carbocycles. The molecule has 0 radical (unpaired) electrons. The molecule has 2 heterocycles. The number of amides is 1. The first-order chi connectivity index (χ1) is 10.7. The van der Waals surface area contributed by atoms with Crippen LogP contribution < -0.4 is 11.1 Å². The van der Waals surface area contributed by atoms with Crippen molar-refractivity contribution >= 4 is 22.9 Å². The lowest BCUT2D eigenvalue weighted by Crippen LogP contribution is -2.05. The second-order valence-corrected chi connectivity index (χ2v) is 5.33. The van der Waals surface area contributed by atoms with E-state index >= 15 is 0 Å². The maximum absolute atomic E-state index is 13.5. The van der Waals surface area contributed by atoms with Gasteiger partial charge in [0.25, 0.3) is 5.91 Å². The van der Waals surface area contributed by atoms with Gasteiger partial charge in [-0.25, -0.2) is 4.39 Å². The second-order valence-electron chi connectivity index (χ2n) is 5.33. The van der Waals surface area contributed by atoms with Crippen LogP contribution >= 0.6 is 0 Å². The number of rotatable bonds is 1. The zero-order valence-electron chi connectivity index (χ0n) is 11.7. The molecule has 2 aliphatic heterocycles. The van der Waals surface area contributed by atoms with E-state index in [9.17, 15) is 9.18 Å². The van der Waals surface area contributed by atoms with Gasteiger partial charge in [0.15, 0.2) is 0 Å². The molecule has 0 spiro atoms. The number of nitrogens with one attached hydrogen (secondary N) is 1. The van der Waals surface area contributed by atoms with Crippen molar-refractivity contribution in [1.29, 1.82) is 0 Å². The Hall–Kier alpha value is -2.66. The average molecular weight is 296 g/mol. The Bertz CT molecular complexity index is 843. The number of hydrogen-bond acceptors (Lipinski definition) is 3. The number of hydrogen-bond donors (Lipinski definition) is 2. The largest absolute Gasteiger partial charge is 0.487 e. The van der Waals surface area contributed by atoms with Crippen LogP contribution in [0.15, 0.2) is 36.4 Å². The average Bonchev–Trinajstić information content (AvgIpc) is 3.06. The number of carbonyl (C=O) groups excluding carboxylic acids is 1. The maximum Gasteiger partial charge on any atom is 0.260 e. The third-order valence-electron chi connectivity index (χ3n) is 3.98. The lowest BCUT2D eigenvalue weighted by molar-refractivity contribution is -0.110. The minimum absolute atomic E-state index is 0.272. The van der Waals surface area contributed by atoms with Crippen LogP contribution in [0, 0.1) is 5.82 Å². The number of halogens is 1. The fourth-order valence-electron chi connectivity index (χ4n) is 2.91. The summed E-state index contributed by atoms with van der Waals surface area (Å²) in [7, 11) is 0. The lowest BCUT2D eigenvalue weighted by atomic mass is 9.99. The van der Waals surface area contributed by atoms with Gasteiger partial charge in [-0.1, -0.05) is 18.2 Å². The van der Waals surface area contributed by atoms with E-state index < -0.39 is 0 Å². The van der Waals surface area contributed by atoms with Crippen LogP contribution in [-0.2, 0) is 22.7 Å². The van der Waals surface area contributed by atoms with Crippen LogP contribution in [0.2, 0.25) is 0 Å². The molecule has 2 aliphatic rings. The van der Waals surface area contributed by atoms with E-state index in [0.717, 1.165) is 16.7 Å². The fourth-order valence-corrected chi connectivity index (χ4v) is 2.91. The third kappa shape index (κ3) is 1.83. The van der Waals surface area contributed by atoms with Crippen LogP contribution in [-0.4, -0.2) is 5.91 Å². The summed E-state index contributed by atoms with van der Waals surface area (Å²) in [4.78, 5) is 12.3. The van der Waals surface area contributed by atoms with Crippen molar-refractivity contribution in [1.82, 2.24) is 0 Å². The molecule has 3 N–H and O–H groups in total. The van der Waals surface area contributed by atoms with E-state index in [1.54, 1.807) is 6.07 Å². The summed E-state index contributed by atoms with van der Waals surface area (Å²) < 4.78 is 19.3. The molecule has 4 nitrogen and oxygen atoms in total. The minimum Gasteiger partial charge on any atom is -0.487 e. The summed E-state index contributed by atoms with van der Waals surface area (Å²) in [6, 6.07) is 10.0. The zero-order valence-corrected chi connectivity index (χ0v) is 11.7. The van der Waals surface area contributed by atoms with E-state index in [1.165, 1.54) is 12.1 Å². The molecule has 5 heteroatoms. The molecule has 2 aromatic carbocycles. The molecule has 1 amide bonds. The molecule has 0 unspecified atom stereocenters. The molecular weight excluding hydrogens is 283 g/mol. The van der Waals surface area contributed by atoms with Gasteiger partial charge in [0.2, 0.25) is 0 Å². The first-order valence-corrected chi connectivity index (χ1v) is 6.98. The van der Waals surface area contributed by atoms with Crippen LogP contribution in [0.5, 0.6) is 0 Å². The minimum atomic E-state index is -0.384. The molecular formula is C17H13FN2O2. The van der Waals surface area contributed by atoms with E-state index in [2.05, 4.69) is 5.32 Å². The topological polar surface area (TPSA) is 64.3 Å². The molecule has 2 aromatic rings. The van der Waals surface area contributed by atoms with Crippen molar-refractivity contribution in [2.45, 2.75) is 13.2 Å².